The highest BCUT2D eigenvalue weighted by Crippen LogP contribution is 2.18. The standard InChI is InChI=1S/C18H13N7O/c19-10-13-3-1-12(2-4-13)9-15(11-20)18(26)21-16-7-5-14(6-8-16)17-22-24-25-23-17/h1-8,15H,9H2,(H,21,26)(H,22,23,24,25)/t15-/m1/s1. The van der Waals surface area contributed by atoms with Crippen LogP contribution in [0.25, 0.3) is 11.4 Å². The molecule has 0 saturated heterocycles. The summed E-state index contributed by atoms with van der Waals surface area (Å²) in [4.78, 5) is 12.4. The first-order chi connectivity index (χ1) is 12.7. The number of aromatic nitrogens is 4. The molecule has 126 valence electrons. The smallest absolute Gasteiger partial charge is 0.242 e. The summed E-state index contributed by atoms with van der Waals surface area (Å²) in [5.74, 6) is -0.761. The molecular formula is C18H13N7O. The molecule has 0 unspecified atom stereocenters. The molecule has 1 atom stereocenters. The third kappa shape index (κ3) is 3.89. The van der Waals surface area contributed by atoms with Crippen molar-refractivity contribution in [2.75, 3.05) is 5.32 Å². The molecule has 3 rings (SSSR count). The van der Waals surface area contributed by atoms with Gasteiger partial charge in [-0.3, -0.25) is 4.79 Å². The Labute approximate surface area is 149 Å². The van der Waals surface area contributed by atoms with Crippen LogP contribution in [0, 0.1) is 28.6 Å². The van der Waals surface area contributed by atoms with E-state index in [1.165, 1.54) is 0 Å². The molecule has 0 spiro atoms. The van der Waals surface area contributed by atoms with Crippen LogP contribution in [-0.2, 0) is 11.2 Å². The van der Waals surface area contributed by atoms with Gasteiger partial charge in [-0.1, -0.05) is 12.1 Å². The van der Waals surface area contributed by atoms with Crippen LogP contribution in [0.3, 0.4) is 0 Å². The van der Waals surface area contributed by atoms with E-state index in [2.05, 4.69) is 25.9 Å². The van der Waals surface area contributed by atoms with Crippen molar-refractivity contribution < 1.29 is 4.79 Å². The van der Waals surface area contributed by atoms with E-state index in [1.807, 2.05) is 12.1 Å². The number of H-pyrrole nitrogens is 1. The quantitative estimate of drug-likeness (QED) is 0.729. The van der Waals surface area contributed by atoms with E-state index in [0.717, 1.165) is 11.1 Å². The van der Waals surface area contributed by atoms with Gasteiger partial charge in [-0.05, 0) is 53.6 Å². The molecule has 0 aliphatic carbocycles. The van der Waals surface area contributed by atoms with Crippen LogP contribution in [0.1, 0.15) is 11.1 Å². The number of nitrogens with zero attached hydrogens (tertiary/aromatic N) is 5. The van der Waals surface area contributed by atoms with Gasteiger partial charge in [0.1, 0.15) is 5.92 Å². The maximum absolute atomic E-state index is 12.4. The van der Waals surface area contributed by atoms with Crippen LogP contribution in [0.4, 0.5) is 5.69 Å². The highest BCUT2D eigenvalue weighted by molar-refractivity contribution is 5.94. The summed E-state index contributed by atoms with van der Waals surface area (Å²) in [6.45, 7) is 0. The van der Waals surface area contributed by atoms with Gasteiger partial charge in [0.05, 0.1) is 17.7 Å². The van der Waals surface area contributed by atoms with Crippen LogP contribution in [-0.4, -0.2) is 26.5 Å². The molecule has 1 aromatic heterocycles. The summed E-state index contributed by atoms with van der Waals surface area (Å²) in [5, 5.41) is 34.5. The molecular weight excluding hydrogens is 330 g/mol. The molecule has 0 saturated carbocycles. The predicted octanol–water partition coefficient (Wildman–Crippen LogP) is 2.06. The first-order valence-electron chi connectivity index (χ1n) is 7.73. The Balaban J connectivity index is 1.65. The Hall–Kier alpha value is -4.04. The van der Waals surface area contributed by atoms with Gasteiger partial charge in [-0.2, -0.15) is 15.7 Å². The molecule has 0 bridgehead atoms. The van der Waals surface area contributed by atoms with Crippen LogP contribution >= 0.6 is 0 Å². The molecule has 0 radical (unpaired) electrons. The number of hydrogen-bond donors (Lipinski definition) is 2. The average molecular weight is 343 g/mol. The SMILES string of the molecule is N#Cc1ccc(C[C@H](C#N)C(=O)Nc2ccc(-c3nn[nH]n3)cc2)cc1. The molecule has 2 N–H and O–H groups in total. The summed E-state index contributed by atoms with van der Waals surface area (Å²) in [5.41, 5.74) is 2.68. The third-order valence-corrected chi connectivity index (χ3v) is 3.75. The highest BCUT2D eigenvalue weighted by atomic mass is 16.1. The molecule has 8 heteroatoms. The lowest BCUT2D eigenvalue weighted by Gasteiger charge is -2.11. The Morgan fingerprint density at radius 2 is 1.85 bits per heavy atom. The van der Waals surface area contributed by atoms with Crippen molar-refractivity contribution >= 4 is 11.6 Å². The Morgan fingerprint density at radius 3 is 2.42 bits per heavy atom. The Morgan fingerprint density at radius 1 is 1.12 bits per heavy atom. The highest BCUT2D eigenvalue weighted by Gasteiger charge is 2.18. The maximum Gasteiger partial charge on any atom is 0.242 e. The number of nitriles is 2. The van der Waals surface area contributed by atoms with Crippen molar-refractivity contribution in [3.8, 4) is 23.5 Å². The molecule has 0 fully saturated rings. The molecule has 0 aliphatic heterocycles. The fourth-order valence-electron chi connectivity index (χ4n) is 2.36. The normalized spacial score (nSPS) is 11.2. The number of carbonyl (C=O) groups is 1. The second-order valence-electron chi connectivity index (χ2n) is 5.50. The Kier molecular flexibility index (Phi) is 4.97. The zero-order valence-corrected chi connectivity index (χ0v) is 13.5. The van der Waals surface area contributed by atoms with Crippen molar-refractivity contribution in [3.63, 3.8) is 0 Å². The minimum atomic E-state index is -0.834. The zero-order valence-electron chi connectivity index (χ0n) is 13.5. The summed E-state index contributed by atoms with van der Waals surface area (Å²) in [7, 11) is 0. The number of carbonyl (C=O) groups excluding carboxylic acids is 1. The minimum absolute atomic E-state index is 0.273. The van der Waals surface area contributed by atoms with Crippen molar-refractivity contribution in [1.82, 2.24) is 20.6 Å². The number of tetrazole rings is 1. The van der Waals surface area contributed by atoms with E-state index in [4.69, 9.17) is 5.26 Å². The lowest BCUT2D eigenvalue weighted by Crippen LogP contribution is -2.23. The van der Waals surface area contributed by atoms with E-state index < -0.39 is 5.92 Å². The summed E-state index contributed by atoms with van der Waals surface area (Å²) in [6, 6.07) is 17.8. The van der Waals surface area contributed by atoms with Gasteiger partial charge in [0.2, 0.25) is 11.7 Å². The number of rotatable bonds is 5. The average Bonchev–Trinajstić information content (AvgIpc) is 3.22. The largest absolute Gasteiger partial charge is 0.325 e. The third-order valence-electron chi connectivity index (χ3n) is 3.75. The molecule has 26 heavy (non-hydrogen) atoms. The molecule has 3 aromatic rings. The minimum Gasteiger partial charge on any atom is -0.325 e. The van der Waals surface area contributed by atoms with Gasteiger partial charge in [-0.15, -0.1) is 10.2 Å². The van der Waals surface area contributed by atoms with Crippen molar-refractivity contribution in [2.24, 2.45) is 5.92 Å². The van der Waals surface area contributed by atoms with E-state index in [0.29, 0.717) is 17.1 Å². The second-order valence-corrected chi connectivity index (χ2v) is 5.50. The molecule has 1 heterocycles. The fourth-order valence-corrected chi connectivity index (χ4v) is 2.36. The molecule has 0 aliphatic rings. The summed E-state index contributed by atoms with van der Waals surface area (Å²) < 4.78 is 0. The van der Waals surface area contributed by atoms with Gasteiger partial charge >= 0.3 is 0 Å². The number of benzene rings is 2. The van der Waals surface area contributed by atoms with Gasteiger partial charge in [0.25, 0.3) is 0 Å². The first kappa shape index (κ1) is 16.8. The van der Waals surface area contributed by atoms with Crippen LogP contribution in [0.5, 0.6) is 0 Å². The number of aromatic amines is 1. The van der Waals surface area contributed by atoms with E-state index in [9.17, 15) is 10.1 Å². The number of amides is 1. The zero-order chi connectivity index (χ0) is 18.4. The van der Waals surface area contributed by atoms with Crippen LogP contribution in [0.2, 0.25) is 0 Å². The van der Waals surface area contributed by atoms with Gasteiger partial charge in [-0.25, -0.2) is 0 Å². The predicted molar refractivity (Wildman–Crippen MR) is 92.2 cm³/mol. The summed E-state index contributed by atoms with van der Waals surface area (Å²) in [6.07, 6.45) is 0.273. The lowest BCUT2D eigenvalue weighted by molar-refractivity contribution is -0.118. The number of nitrogens with one attached hydrogen (secondary N) is 2. The Bertz CT molecular complexity index is 964. The van der Waals surface area contributed by atoms with Gasteiger partial charge < -0.3 is 5.32 Å². The summed E-state index contributed by atoms with van der Waals surface area (Å²) >= 11 is 0. The molecule has 2 aromatic carbocycles. The first-order valence-corrected chi connectivity index (χ1v) is 7.73. The van der Waals surface area contributed by atoms with Crippen molar-refractivity contribution in [2.45, 2.75) is 6.42 Å². The van der Waals surface area contributed by atoms with Crippen molar-refractivity contribution in [3.05, 3.63) is 59.7 Å². The fraction of sp³-hybridized carbons (Fsp3) is 0.111. The second kappa shape index (κ2) is 7.69. The topological polar surface area (TPSA) is 131 Å². The molecule has 1 amide bonds. The number of anilines is 1. The van der Waals surface area contributed by atoms with E-state index in [1.54, 1.807) is 48.5 Å². The van der Waals surface area contributed by atoms with Gasteiger partial charge in [0.15, 0.2) is 0 Å². The molecule has 8 nitrogen and oxygen atoms in total. The van der Waals surface area contributed by atoms with Crippen molar-refractivity contribution in [1.29, 1.82) is 10.5 Å². The maximum atomic E-state index is 12.4. The lowest BCUT2D eigenvalue weighted by atomic mass is 9.99. The van der Waals surface area contributed by atoms with E-state index >= 15 is 0 Å². The van der Waals surface area contributed by atoms with E-state index in [-0.39, 0.29) is 12.3 Å². The van der Waals surface area contributed by atoms with Gasteiger partial charge in [0, 0.05) is 11.3 Å². The number of hydrogen-bond acceptors (Lipinski definition) is 6. The van der Waals surface area contributed by atoms with Crippen LogP contribution in [0.15, 0.2) is 48.5 Å². The monoisotopic (exact) mass is 343 g/mol. The van der Waals surface area contributed by atoms with Crippen LogP contribution < -0.4 is 5.32 Å².